The summed E-state index contributed by atoms with van der Waals surface area (Å²) in [6.45, 7) is 2.07. The maximum Gasteiger partial charge on any atom is 0.267 e. The van der Waals surface area contributed by atoms with Gasteiger partial charge in [-0.05, 0) is 48.9 Å². The number of aromatic nitrogens is 1. The topological polar surface area (TPSA) is 43.3 Å². The molecule has 2 aromatic carbocycles. The van der Waals surface area contributed by atoms with Crippen LogP contribution in [-0.4, -0.2) is 17.6 Å². The summed E-state index contributed by atoms with van der Waals surface area (Å²) in [4.78, 5) is 13.7. The van der Waals surface area contributed by atoms with E-state index in [-0.39, 0.29) is 5.91 Å². The molecular formula is C23H20N2O2S. The third kappa shape index (κ3) is 3.57. The van der Waals surface area contributed by atoms with Crippen LogP contribution in [0.5, 0.6) is 5.75 Å². The number of nitrogens with one attached hydrogen (secondary N) is 1. The fourth-order valence-corrected chi connectivity index (χ4v) is 4.10. The van der Waals surface area contributed by atoms with Gasteiger partial charge >= 0.3 is 0 Å². The largest absolute Gasteiger partial charge is 0.497 e. The van der Waals surface area contributed by atoms with E-state index in [0.717, 1.165) is 28.3 Å². The number of methoxy groups -OCH3 is 1. The van der Waals surface area contributed by atoms with Crippen molar-refractivity contribution in [1.82, 2.24) is 4.57 Å². The molecule has 0 atom stereocenters. The number of nitrogens with zero attached hydrogens (tertiary/aromatic N) is 1. The van der Waals surface area contributed by atoms with Crippen LogP contribution in [0, 0.1) is 6.92 Å². The molecule has 1 N–H and O–H groups in total. The Labute approximate surface area is 168 Å². The van der Waals surface area contributed by atoms with E-state index >= 15 is 0 Å². The summed E-state index contributed by atoms with van der Waals surface area (Å²) in [5, 5.41) is 5.04. The molecule has 0 fully saturated rings. The monoisotopic (exact) mass is 388 g/mol. The van der Waals surface area contributed by atoms with Crippen LogP contribution in [-0.2, 0) is 0 Å². The average molecular weight is 388 g/mol. The zero-order chi connectivity index (χ0) is 19.5. The molecule has 4 rings (SSSR count). The summed E-state index contributed by atoms with van der Waals surface area (Å²) < 4.78 is 7.17. The second-order valence-corrected chi connectivity index (χ2v) is 7.35. The molecule has 4 nitrogen and oxygen atoms in total. The SMILES string of the molecule is COc1ccc(NC(=O)c2scc(-c3cccc(C)c3)c2-n2cccc2)cc1. The predicted octanol–water partition coefficient (Wildman–Crippen LogP) is 5.78. The zero-order valence-electron chi connectivity index (χ0n) is 15.7. The number of carbonyl (C=O) groups excluding carboxylic acids is 1. The van der Waals surface area contributed by atoms with Gasteiger partial charge in [0.05, 0.1) is 12.8 Å². The van der Waals surface area contributed by atoms with Crippen LogP contribution >= 0.6 is 11.3 Å². The second-order valence-electron chi connectivity index (χ2n) is 6.47. The molecule has 2 aromatic heterocycles. The number of amides is 1. The highest BCUT2D eigenvalue weighted by Crippen LogP contribution is 2.35. The molecular weight excluding hydrogens is 368 g/mol. The van der Waals surface area contributed by atoms with Crippen LogP contribution in [0.1, 0.15) is 15.2 Å². The third-order valence-corrected chi connectivity index (χ3v) is 5.48. The molecule has 0 aliphatic heterocycles. The Kier molecular flexibility index (Phi) is 5.00. The van der Waals surface area contributed by atoms with Crippen molar-refractivity contribution in [3.8, 4) is 22.6 Å². The number of carbonyl (C=O) groups is 1. The van der Waals surface area contributed by atoms with Crippen LogP contribution in [0.15, 0.2) is 78.4 Å². The molecule has 28 heavy (non-hydrogen) atoms. The van der Waals surface area contributed by atoms with Crippen molar-refractivity contribution in [1.29, 1.82) is 0 Å². The molecule has 1 amide bonds. The number of anilines is 1. The molecule has 2 heterocycles. The van der Waals surface area contributed by atoms with Crippen LogP contribution < -0.4 is 10.1 Å². The van der Waals surface area contributed by atoms with Crippen LogP contribution in [0.4, 0.5) is 5.69 Å². The first-order valence-electron chi connectivity index (χ1n) is 8.93. The number of benzene rings is 2. The summed E-state index contributed by atoms with van der Waals surface area (Å²) in [7, 11) is 1.62. The van der Waals surface area contributed by atoms with Crippen LogP contribution in [0.3, 0.4) is 0 Å². The lowest BCUT2D eigenvalue weighted by Crippen LogP contribution is -2.12. The summed E-state index contributed by atoms with van der Waals surface area (Å²) in [5.41, 5.74) is 4.96. The zero-order valence-corrected chi connectivity index (χ0v) is 16.5. The van der Waals surface area contributed by atoms with E-state index in [9.17, 15) is 4.79 Å². The summed E-state index contributed by atoms with van der Waals surface area (Å²) >= 11 is 1.45. The Morgan fingerprint density at radius 1 is 1.04 bits per heavy atom. The average Bonchev–Trinajstić information content (AvgIpc) is 3.38. The predicted molar refractivity (Wildman–Crippen MR) is 115 cm³/mol. The number of hydrogen-bond acceptors (Lipinski definition) is 3. The molecule has 0 unspecified atom stereocenters. The van der Waals surface area contributed by atoms with Gasteiger partial charge in [0.15, 0.2) is 0 Å². The first-order chi connectivity index (χ1) is 13.7. The van der Waals surface area contributed by atoms with Gasteiger partial charge in [0, 0.05) is 29.0 Å². The molecule has 0 aliphatic carbocycles. The third-order valence-electron chi connectivity index (χ3n) is 4.51. The maximum atomic E-state index is 13.1. The van der Waals surface area contributed by atoms with Gasteiger partial charge in [0.25, 0.3) is 5.91 Å². The Morgan fingerprint density at radius 2 is 1.79 bits per heavy atom. The highest BCUT2D eigenvalue weighted by molar-refractivity contribution is 7.13. The van der Waals surface area contributed by atoms with Crippen molar-refractivity contribution >= 4 is 22.9 Å². The van der Waals surface area contributed by atoms with E-state index in [1.807, 2.05) is 64.8 Å². The molecule has 0 radical (unpaired) electrons. The number of hydrogen-bond donors (Lipinski definition) is 1. The summed E-state index contributed by atoms with van der Waals surface area (Å²) in [5.74, 6) is 0.627. The van der Waals surface area contributed by atoms with Gasteiger partial charge < -0.3 is 14.6 Å². The summed E-state index contributed by atoms with van der Waals surface area (Å²) in [6.07, 6.45) is 3.93. The van der Waals surface area contributed by atoms with E-state index in [2.05, 4.69) is 30.4 Å². The Balaban J connectivity index is 1.73. The number of rotatable bonds is 5. The van der Waals surface area contributed by atoms with Crippen molar-refractivity contribution in [2.24, 2.45) is 0 Å². The fourth-order valence-electron chi connectivity index (χ4n) is 3.13. The maximum absolute atomic E-state index is 13.1. The lowest BCUT2D eigenvalue weighted by molar-refractivity contribution is 0.103. The molecule has 4 aromatic rings. The van der Waals surface area contributed by atoms with Gasteiger partial charge in [-0.25, -0.2) is 0 Å². The van der Waals surface area contributed by atoms with Gasteiger partial charge in [-0.15, -0.1) is 11.3 Å². The van der Waals surface area contributed by atoms with E-state index < -0.39 is 0 Å². The van der Waals surface area contributed by atoms with Crippen molar-refractivity contribution in [2.45, 2.75) is 6.92 Å². The van der Waals surface area contributed by atoms with Crippen molar-refractivity contribution in [3.05, 3.63) is 88.9 Å². The van der Waals surface area contributed by atoms with E-state index in [0.29, 0.717) is 4.88 Å². The normalized spacial score (nSPS) is 10.6. The van der Waals surface area contributed by atoms with Crippen LogP contribution in [0.2, 0.25) is 0 Å². The minimum Gasteiger partial charge on any atom is -0.497 e. The van der Waals surface area contributed by atoms with Crippen molar-refractivity contribution in [3.63, 3.8) is 0 Å². The Morgan fingerprint density at radius 3 is 2.46 bits per heavy atom. The van der Waals surface area contributed by atoms with Crippen LogP contribution in [0.25, 0.3) is 16.8 Å². The van der Waals surface area contributed by atoms with Crippen molar-refractivity contribution < 1.29 is 9.53 Å². The molecule has 5 heteroatoms. The fraction of sp³-hybridized carbons (Fsp3) is 0.0870. The lowest BCUT2D eigenvalue weighted by Gasteiger charge is -2.11. The van der Waals surface area contributed by atoms with Crippen molar-refractivity contribution in [2.75, 3.05) is 12.4 Å². The highest BCUT2D eigenvalue weighted by Gasteiger charge is 2.20. The smallest absolute Gasteiger partial charge is 0.267 e. The van der Waals surface area contributed by atoms with Gasteiger partial charge in [0.2, 0.25) is 0 Å². The first-order valence-corrected chi connectivity index (χ1v) is 9.81. The standard InChI is InChI=1S/C23H20N2O2S/c1-16-6-5-7-17(14-16)20-15-28-22(21(20)25-12-3-4-13-25)23(26)24-18-8-10-19(27-2)11-9-18/h3-15H,1-2H3,(H,24,26). The highest BCUT2D eigenvalue weighted by atomic mass is 32.1. The molecule has 140 valence electrons. The molecule has 0 saturated carbocycles. The molecule has 0 spiro atoms. The molecule has 0 bridgehead atoms. The summed E-state index contributed by atoms with van der Waals surface area (Å²) in [6, 6.07) is 19.6. The van der Waals surface area contributed by atoms with E-state index in [1.165, 1.54) is 16.9 Å². The van der Waals surface area contributed by atoms with E-state index in [1.54, 1.807) is 7.11 Å². The Bertz CT molecular complexity index is 1100. The molecule has 0 saturated heterocycles. The van der Waals surface area contributed by atoms with Gasteiger partial charge in [-0.2, -0.15) is 0 Å². The Hall–Kier alpha value is -3.31. The quantitative estimate of drug-likeness (QED) is 0.471. The lowest BCUT2D eigenvalue weighted by atomic mass is 10.0. The minimum absolute atomic E-state index is 0.127. The van der Waals surface area contributed by atoms with Gasteiger partial charge in [-0.3, -0.25) is 4.79 Å². The molecule has 0 aliphatic rings. The number of ether oxygens (including phenoxy) is 1. The van der Waals surface area contributed by atoms with E-state index in [4.69, 9.17) is 4.74 Å². The van der Waals surface area contributed by atoms with Gasteiger partial charge in [0.1, 0.15) is 10.6 Å². The minimum atomic E-state index is -0.127. The second kappa shape index (κ2) is 7.74. The first kappa shape index (κ1) is 18.1. The number of aryl methyl sites for hydroxylation is 1. The number of thiophene rings is 1. The van der Waals surface area contributed by atoms with Gasteiger partial charge in [-0.1, -0.05) is 29.8 Å².